The van der Waals surface area contributed by atoms with Crippen LogP contribution in [0.2, 0.25) is 0 Å². The fraction of sp³-hybridized carbons (Fsp3) is 0.588. The first kappa shape index (κ1) is 15.3. The predicted molar refractivity (Wildman–Crippen MR) is 83.9 cm³/mol. The molecule has 22 heavy (non-hydrogen) atoms. The molecular formula is C17H24N2O3. The number of amides is 1. The smallest absolute Gasteiger partial charge is 0.252 e. The molecule has 0 spiro atoms. The van der Waals surface area contributed by atoms with E-state index in [1.165, 1.54) is 0 Å². The Kier molecular flexibility index (Phi) is 4.64. The molecule has 5 nitrogen and oxygen atoms in total. The van der Waals surface area contributed by atoms with Crippen molar-refractivity contribution < 1.29 is 14.3 Å². The van der Waals surface area contributed by atoms with Gasteiger partial charge in [-0.3, -0.25) is 4.79 Å². The van der Waals surface area contributed by atoms with Crippen molar-refractivity contribution in [3.8, 4) is 5.75 Å². The fourth-order valence-corrected chi connectivity index (χ4v) is 3.32. The summed E-state index contributed by atoms with van der Waals surface area (Å²) in [4.78, 5) is 12.8. The van der Waals surface area contributed by atoms with E-state index in [2.05, 4.69) is 10.6 Å². The third-order valence-corrected chi connectivity index (χ3v) is 4.71. The summed E-state index contributed by atoms with van der Waals surface area (Å²) in [7, 11) is 1.63. The molecule has 0 aliphatic carbocycles. The summed E-state index contributed by atoms with van der Waals surface area (Å²) in [6.07, 6.45) is 3.24. The van der Waals surface area contributed by atoms with Crippen LogP contribution in [0.15, 0.2) is 24.3 Å². The van der Waals surface area contributed by atoms with Crippen LogP contribution in [0.1, 0.15) is 37.3 Å². The van der Waals surface area contributed by atoms with Gasteiger partial charge in [-0.15, -0.1) is 0 Å². The Balaban J connectivity index is 1.78. The summed E-state index contributed by atoms with van der Waals surface area (Å²) in [6.45, 7) is 2.32. The topological polar surface area (TPSA) is 59.6 Å². The van der Waals surface area contributed by atoms with Crippen molar-refractivity contribution in [1.29, 1.82) is 0 Å². The maximum absolute atomic E-state index is 12.8. The summed E-state index contributed by atoms with van der Waals surface area (Å²) in [5, 5.41) is 6.48. The van der Waals surface area contributed by atoms with Gasteiger partial charge in [0.1, 0.15) is 11.4 Å². The van der Waals surface area contributed by atoms with Crippen LogP contribution >= 0.6 is 0 Å². The zero-order valence-corrected chi connectivity index (χ0v) is 13.1. The highest BCUT2D eigenvalue weighted by Gasteiger charge is 2.40. The van der Waals surface area contributed by atoms with Crippen LogP contribution in [0, 0.1) is 0 Å². The van der Waals surface area contributed by atoms with Gasteiger partial charge in [0.05, 0.1) is 12.6 Å². The van der Waals surface area contributed by atoms with E-state index in [4.69, 9.17) is 9.47 Å². The van der Waals surface area contributed by atoms with Crippen molar-refractivity contribution in [3.05, 3.63) is 29.8 Å². The number of carbonyl (C=O) groups is 1. The van der Waals surface area contributed by atoms with Crippen molar-refractivity contribution in [2.75, 3.05) is 26.8 Å². The van der Waals surface area contributed by atoms with Crippen molar-refractivity contribution in [1.82, 2.24) is 10.6 Å². The van der Waals surface area contributed by atoms with Crippen molar-refractivity contribution in [3.63, 3.8) is 0 Å². The van der Waals surface area contributed by atoms with Gasteiger partial charge < -0.3 is 20.1 Å². The van der Waals surface area contributed by atoms with Crippen molar-refractivity contribution >= 4 is 5.91 Å². The van der Waals surface area contributed by atoms with Gasteiger partial charge in [-0.05, 0) is 44.8 Å². The quantitative estimate of drug-likeness (QED) is 0.894. The average Bonchev–Trinajstić information content (AvgIpc) is 2.78. The van der Waals surface area contributed by atoms with Gasteiger partial charge in [0.25, 0.3) is 5.91 Å². The van der Waals surface area contributed by atoms with Crippen LogP contribution in [0.3, 0.4) is 0 Å². The average molecular weight is 304 g/mol. The first-order chi connectivity index (χ1) is 10.7. The molecule has 1 fully saturated rings. The van der Waals surface area contributed by atoms with E-state index in [0.29, 0.717) is 19.4 Å². The molecule has 1 amide bonds. The number of nitrogens with one attached hydrogen (secondary N) is 2. The van der Waals surface area contributed by atoms with Crippen molar-refractivity contribution in [2.24, 2.45) is 0 Å². The van der Waals surface area contributed by atoms with Gasteiger partial charge in [0, 0.05) is 12.7 Å². The molecule has 1 saturated heterocycles. The number of methoxy groups -OCH3 is 1. The van der Waals surface area contributed by atoms with E-state index in [1.54, 1.807) is 7.11 Å². The van der Waals surface area contributed by atoms with Gasteiger partial charge in [0.15, 0.2) is 0 Å². The number of hydrogen-bond donors (Lipinski definition) is 2. The summed E-state index contributed by atoms with van der Waals surface area (Å²) in [5.41, 5.74) is 0.362. The molecular weight excluding hydrogens is 280 g/mol. The number of carbonyl (C=O) groups excluding carboxylic acids is 1. The highest BCUT2D eigenvalue weighted by atomic mass is 16.5. The Labute approximate surface area is 131 Å². The molecule has 0 bridgehead atoms. The number of piperidine rings is 1. The molecule has 2 heterocycles. The summed E-state index contributed by atoms with van der Waals surface area (Å²) in [5.74, 6) is 0.875. The first-order valence-corrected chi connectivity index (χ1v) is 8.04. The molecule has 1 aromatic carbocycles. The normalized spacial score (nSPS) is 23.8. The summed E-state index contributed by atoms with van der Waals surface area (Å²) in [6, 6.07) is 7.95. The van der Waals surface area contributed by atoms with Crippen LogP contribution in [-0.2, 0) is 9.53 Å². The van der Waals surface area contributed by atoms with E-state index < -0.39 is 5.60 Å². The van der Waals surface area contributed by atoms with Crippen LogP contribution in [0.5, 0.6) is 5.75 Å². The van der Waals surface area contributed by atoms with Gasteiger partial charge >= 0.3 is 0 Å². The number of para-hydroxylation sites is 1. The van der Waals surface area contributed by atoms with E-state index in [-0.39, 0.29) is 11.9 Å². The highest BCUT2D eigenvalue weighted by Crippen LogP contribution is 2.32. The molecule has 2 aliphatic heterocycles. The molecule has 1 aromatic rings. The minimum absolute atomic E-state index is 0.00166. The zero-order valence-electron chi connectivity index (χ0n) is 13.1. The van der Waals surface area contributed by atoms with Gasteiger partial charge in [-0.25, -0.2) is 0 Å². The zero-order chi connectivity index (χ0) is 15.4. The molecule has 0 radical (unpaired) electrons. The molecule has 3 rings (SSSR count). The third-order valence-electron chi connectivity index (χ3n) is 4.71. The monoisotopic (exact) mass is 304 g/mol. The third kappa shape index (κ3) is 2.96. The maximum atomic E-state index is 12.8. The number of fused-ring (bicyclic) bond motifs is 1. The second kappa shape index (κ2) is 6.67. The molecule has 2 N–H and O–H groups in total. The first-order valence-electron chi connectivity index (χ1n) is 8.04. The van der Waals surface area contributed by atoms with E-state index >= 15 is 0 Å². The molecule has 5 heteroatoms. The Morgan fingerprint density at radius 2 is 2.14 bits per heavy atom. The second-order valence-electron chi connectivity index (χ2n) is 6.00. The minimum Gasteiger partial charge on any atom is -0.493 e. The molecule has 120 valence electrons. The highest BCUT2D eigenvalue weighted by molar-refractivity contribution is 5.85. The fourth-order valence-electron chi connectivity index (χ4n) is 3.32. The van der Waals surface area contributed by atoms with Gasteiger partial charge in [-0.2, -0.15) is 0 Å². The number of rotatable bonds is 3. The van der Waals surface area contributed by atoms with Crippen LogP contribution in [-0.4, -0.2) is 38.3 Å². The molecule has 0 aromatic heterocycles. The molecule has 2 aliphatic rings. The van der Waals surface area contributed by atoms with Crippen LogP contribution in [0.4, 0.5) is 0 Å². The summed E-state index contributed by atoms with van der Waals surface area (Å²) >= 11 is 0. The maximum Gasteiger partial charge on any atom is 0.252 e. The van der Waals surface area contributed by atoms with Crippen LogP contribution in [0.25, 0.3) is 0 Å². The number of hydrogen-bond acceptors (Lipinski definition) is 4. The molecule has 0 saturated carbocycles. The Morgan fingerprint density at radius 3 is 2.91 bits per heavy atom. The SMILES string of the molecule is COC1(C(=O)NC2CCCOc3ccccc32)CCNCC1. The minimum atomic E-state index is -0.701. The van der Waals surface area contributed by atoms with E-state index in [9.17, 15) is 4.79 Å². The predicted octanol–water partition coefficient (Wildman–Crippen LogP) is 1.79. The molecule has 1 unspecified atom stereocenters. The van der Waals surface area contributed by atoms with Crippen molar-refractivity contribution in [2.45, 2.75) is 37.3 Å². The van der Waals surface area contributed by atoms with Gasteiger partial charge in [0.2, 0.25) is 0 Å². The number of benzene rings is 1. The standard InChI is InChI=1S/C17H24N2O3/c1-21-17(8-10-18-11-9-17)16(20)19-14-6-4-12-22-15-7-3-2-5-13(14)15/h2-3,5,7,14,18H,4,6,8-12H2,1H3,(H,19,20). The Morgan fingerprint density at radius 1 is 1.36 bits per heavy atom. The summed E-state index contributed by atoms with van der Waals surface area (Å²) < 4.78 is 11.4. The van der Waals surface area contributed by atoms with Crippen LogP contribution < -0.4 is 15.4 Å². The largest absolute Gasteiger partial charge is 0.493 e. The lowest BCUT2D eigenvalue weighted by molar-refractivity contribution is -0.147. The van der Waals surface area contributed by atoms with E-state index in [1.807, 2.05) is 24.3 Å². The Bertz CT molecular complexity index is 526. The lowest BCUT2D eigenvalue weighted by atomic mass is 9.90. The molecule has 1 atom stereocenters. The lowest BCUT2D eigenvalue weighted by Crippen LogP contribution is -2.54. The van der Waals surface area contributed by atoms with E-state index in [0.717, 1.165) is 37.2 Å². The number of ether oxygens (including phenoxy) is 2. The lowest BCUT2D eigenvalue weighted by Gasteiger charge is -2.36. The second-order valence-corrected chi connectivity index (χ2v) is 6.00. The van der Waals surface area contributed by atoms with Gasteiger partial charge in [-0.1, -0.05) is 18.2 Å². The Hall–Kier alpha value is -1.59.